The number of hydrogen-bond donors (Lipinski definition) is 1. The lowest BCUT2D eigenvalue weighted by atomic mass is 9.99. The molecule has 30 heavy (non-hydrogen) atoms. The number of hydrogen-bond acceptors (Lipinski definition) is 7. The average Bonchev–Trinajstić information content (AvgIpc) is 3.52. The van der Waals surface area contributed by atoms with Crippen molar-refractivity contribution in [1.82, 2.24) is 4.90 Å². The summed E-state index contributed by atoms with van der Waals surface area (Å²) >= 11 is 0. The first kappa shape index (κ1) is 18.7. The van der Waals surface area contributed by atoms with Gasteiger partial charge in [-0.3, -0.25) is 9.59 Å². The summed E-state index contributed by atoms with van der Waals surface area (Å²) in [4.78, 5) is 27.2. The van der Waals surface area contributed by atoms with E-state index in [1.165, 1.54) is 11.2 Å². The van der Waals surface area contributed by atoms with Crippen LogP contribution in [0.15, 0.2) is 46.6 Å². The maximum absolute atomic E-state index is 13.0. The number of nitrogens with zero attached hydrogens (tertiary/aromatic N) is 1. The number of rotatable bonds is 4. The van der Waals surface area contributed by atoms with E-state index in [0.717, 1.165) is 12.8 Å². The molecule has 0 aliphatic carbocycles. The fourth-order valence-electron chi connectivity index (χ4n) is 4.16. The van der Waals surface area contributed by atoms with E-state index in [-0.39, 0.29) is 24.0 Å². The lowest BCUT2D eigenvalue weighted by Crippen LogP contribution is -2.36. The molecule has 156 valence electrons. The summed E-state index contributed by atoms with van der Waals surface area (Å²) in [6.07, 6.45) is 3.06. The molecular formula is C22H21NO7. The maximum atomic E-state index is 13.0. The molecule has 3 aliphatic heterocycles. The first-order chi connectivity index (χ1) is 14.6. The van der Waals surface area contributed by atoms with Gasteiger partial charge in [0.15, 0.2) is 11.5 Å². The highest BCUT2D eigenvalue weighted by Gasteiger charge is 2.48. The van der Waals surface area contributed by atoms with Gasteiger partial charge in [0, 0.05) is 18.7 Å². The van der Waals surface area contributed by atoms with Crippen molar-refractivity contribution in [3.05, 3.63) is 53.5 Å². The van der Waals surface area contributed by atoms with E-state index < -0.39 is 17.7 Å². The Bertz CT molecular complexity index is 1000. The largest absolute Gasteiger partial charge is 0.507 e. The lowest BCUT2D eigenvalue weighted by Gasteiger charge is -2.25. The van der Waals surface area contributed by atoms with Crippen molar-refractivity contribution in [2.24, 2.45) is 0 Å². The van der Waals surface area contributed by atoms with Crippen molar-refractivity contribution < 1.29 is 33.3 Å². The third-order valence-electron chi connectivity index (χ3n) is 5.59. The van der Waals surface area contributed by atoms with Crippen LogP contribution >= 0.6 is 0 Å². The molecule has 2 fully saturated rings. The Morgan fingerprint density at radius 3 is 2.67 bits per heavy atom. The van der Waals surface area contributed by atoms with Crippen LogP contribution in [0.4, 0.5) is 0 Å². The zero-order chi connectivity index (χ0) is 20.7. The van der Waals surface area contributed by atoms with E-state index in [2.05, 4.69) is 0 Å². The second kappa shape index (κ2) is 7.53. The number of aliphatic hydroxyl groups is 1. The standard InChI is InChI=1S/C22H21NO7/c24-20(13-5-6-15-17(11-13)30-10-9-29-15)18-19(16-4-2-8-28-16)23(22(26)21(18)25)12-14-3-1-7-27-14/h2,4-6,8,11,14,19,24H,1,3,7,9-10,12H2/b20-18+. The maximum Gasteiger partial charge on any atom is 0.295 e. The Balaban J connectivity index is 1.57. The Morgan fingerprint density at radius 2 is 1.93 bits per heavy atom. The van der Waals surface area contributed by atoms with Crippen molar-refractivity contribution in [3.8, 4) is 11.5 Å². The zero-order valence-electron chi connectivity index (χ0n) is 16.2. The van der Waals surface area contributed by atoms with Crippen molar-refractivity contribution in [2.45, 2.75) is 25.0 Å². The fourth-order valence-corrected chi connectivity index (χ4v) is 4.16. The van der Waals surface area contributed by atoms with Gasteiger partial charge in [-0.15, -0.1) is 0 Å². The molecule has 2 saturated heterocycles. The predicted octanol–water partition coefficient (Wildman–Crippen LogP) is 2.65. The van der Waals surface area contributed by atoms with Gasteiger partial charge in [-0.25, -0.2) is 0 Å². The van der Waals surface area contributed by atoms with Gasteiger partial charge in [0.05, 0.1) is 17.9 Å². The Morgan fingerprint density at radius 1 is 1.10 bits per heavy atom. The summed E-state index contributed by atoms with van der Waals surface area (Å²) in [6.45, 7) is 1.74. The third kappa shape index (κ3) is 3.13. The monoisotopic (exact) mass is 411 g/mol. The summed E-state index contributed by atoms with van der Waals surface area (Å²) in [5.41, 5.74) is 0.357. The van der Waals surface area contributed by atoms with Crippen LogP contribution in [-0.4, -0.2) is 54.2 Å². The molecule has 1 amide bonds. The molecule has 1 aromatic carbocycles. The molecule has 0 saturated carbocycles. The minimum atomic E-state index is -0.822. The molecule has 3 aliphatic rings. The summed E-state index contributed by atoms with van der Waals surface area (Å²) in [5.74, 6) is -0.242. The fraction of sp³-hybridized carbons (Fsp3) is 0.364. The van der Waals surface area contributed by atoms with Crippen LogP contribution in [0, 0.1) is 0 Å². The van der Waals surface area contributed by atoms with E-state index in [0.29, 0.717) is 42.6 Å². The second-order valence-electron chi connectivity index (χ2n) is 7.46. The van der Waals surface area contributed by atoms with Crippen LogP contribution in [0.1, 0.15) is 30.2 Å². The Labute approximate surface area is 172 Å². The molecule has 0 bridgehead atoms. The first-order valence-corrected chi connectivity index (χ1v) is 9.97. The second-order valence-corrected chi connectivity index (χ2v) is 7.46. The Hall–Kier alpha value is -3.26. The van der Waals surface area contributed by atoms with Crippen LogP contribution < -0.4 is 9.47 Å². The third-order valence-corrected chi connectivity index (χ3v) is 5.59. The molecule has 4 heterocycles. The molecule has 1 N–H and O–H groups in total. The van der Waals surface area contributed by atoms with Crippen LogP contribution in [0.25, 0.3) is 5.76 Å². The summed E-state index contributed by atoms with van der Waals surface area (Å²) in [6, 6.07) is 7.47. The molecule has 8 heteroatoms. The number of aliphatic hydroxyl groups excluding tert-OH is 1. The molecule has 5 rings (SSSR count). The molecule has 2 unspecified atom stereocenters. The number of ether oxygens (including phenoxy) is 3. The molecular weight excluding hydrogens is 390 g/mol. The number of ketones is 1. The topological polar surface area (TPSA) is 98.4 Å². The van der Waals surface area contributed by atoms with E-state index in [4.69, 9.17) is 18.6 Å². The molecule has 1 aromatic heterocycles. The normalized spacial score (nSPS) is 25.1. The Kier molecular flexibility index (Phi) is 4.71. The molecule has 2 atom stereocenters. The highest BCUT2D eigenvalue weighted by atomic mass is 16.6. The summed E-state index contributed by atoms with van der Waals surface area (Å²) < 4.78 is 22.3. The number of amides is 1. The number of likely N-dealkylation sites (tertiary alicyclic amines) is 1. The van der Waals surface area contributed by atoms with Crippen LogP contribution in [-0.2, 0) is 14.3 Å². The van der Waals surface area contributed by atoms with Crippen molar-refractivity contribution in [1.29, 1.82) is 0 Å². The molecule has 8 nitrogen and oxygen atoms in total. The highest BCUT2D eigenvalue weighted by Crippen LogP contribution is 2.41. The first-order valence-electron chi connectivity index (χ1n) is 9.97. The summed E-state index contributed by atoms with van der Waals surface area (Å²) in [7, 11) is 0. The van der Waals surface area contributed by atoms with Gasteiger partial charge < -0.3 is 28.6 Å². The average molecular weight is 411 g/mol. The molecule has 0 radical (unpaired) electrons. The number of furan rings is 1. The number of fused-ring (bicyclic) bond motifs is 1. The van der Waals surface area contributed by atoms with E-state index >= 15 is 0 Å². The minimum absolute atomic E-state index is 0.00961. The lowest BCUT2D eigenvalue weighted by molar-refractivity contribution is -0.141. The quantitative estimate of drug-likeness (QED) is 0.469. The van der Waals surface area contributed by atoms with Gasteiger partial charge in [0.2, 0.25) is 0 Å². The van der Waals surface area contributed by atoms with Crippen molar-refractivity contribution in [2.75, 3.05) is 26.4 Å². The van der Waals surface area contributed by atoms with Gasteiger partial charge in [-0.2, -0.15) is 0 Å². The van der Waals surface area contributed by atoms with E-state index in [1.54, 1.807) is 30.3 Å². The van der Waals surface area contributed by atoms with Crippen LogP contribution in [0.5, 0.6) is 11.5 Å². The SMILES string of the molecule is O=C1C(=O)N(CC2CCCO2)C(c2ccco2)/C1=C(\O)c1ccc2c(c1)OCCO2. The van der Waals surface area contributed by atoms with Gasteiger partial charge in [-0.05, 0) is 43.2 Å². The highest BCUT2D eigenvalue weighted by molar-refractivity contribution is 6.46. The van der Waals surface area contributed by atoms with E-state index in [9.17, 15) is 14.7 Å². The summed E-state index contributed by atoms with van der Waals surface area (Å²) in [5, 5.41) is 11.1. The number of Topliss-reactive ketones (excluding diaryl/α,β-unsaturated/α-hetero) is 1. The van der Waals surface area contributed by atoms with Gasteiger partial charge in [0.1, 0.15) is 30.8 Å². The zero-order valence-corrected chi connectivity index (χ0v) is 16.2. The molecule has 0 spiro atoms. The van der Waals surface area contributed by atoms with Crippen molar-refractivity contribution in [3.63, 3.8) is 0 Å². The minimum Gasteiger partial charge on any atom is -0.507 e. The van der Waals surface area contributed by atoms with Crippen molar-refractivity contribution >= 4 is 17.4 Å². The number of carbonyl (C=O) groups is 2. The van der Waals surface area contributed by atoms with Gasteiger partial charge >= 0.3 is 0 Å². The van der Waals surface area contributed by atoms with Crippen LogP contribution in [0.2, 0.25) is 0 Å². The molecule has 2 aromatic rings. The van der Waals surface area contributed by atoms with Crippen LogP contribution in [0.3, 0.4) is 0 Å². The van der Waals surface area contributed by atoms with Gasteiger partial charge in [-0.1, -0.05) is 0 Å². The van der Waals surface area contributed by atoms with E-state index in [1.807, 2.05) is 0 Å². The number of carbonyl (C=O) groups excluding carboxylic acids is 2. The smallest absolute Gasteiger partial charge is 0.295 e. The van der Waals surface area contributed by atoms with Gasteiger partial charge in [0.25, 0.3) is 11.7 Å². The number of benzene rings is 1. The predicted molar refractivity (Wildman–Crippen MR) is 104 cm³/mol.